The van der Waals surface area contributed by atoms with Crippen molar-refractivity contribution >= 4 is 11.9 Å². The average molecular weight is 336 g/mol. The number of rotatable bonds is 6. The number of carbonyl (C=O) groups is 2. The minimum atomic E-state index is -0.394. The minimum absolute atomic E-state index is 0.119. The molecule has 6 heteroatoms. The Kier molecular flexibility index (Phi) is 5.33. The van der Waals surface area contributed by atoms with E-state index < -0.39 is 5.41 Å². The second-order valence-electron chi connectivity index (χ2n) is 8.20. The summed E-state index contributed by atoms with van der Waals surface area (Å²) in [6.07, 6.45) is 7.67. The molecule has 1 aliphatic heterocycles. The fraction of sp³-hybridized carbons (Fsp3) is 0.889. The maximum Gasteiger partial charge on any atom is 0.315 e. The van der Waals surface area contributed by atoms with Crippen molar-refractivity contribution in [1.29, 1.82) is 0 Å². The number of hydrogen-bond acceptors (Lipinski definition) is 3. The van der Waals surface area contributed by atoms with E-state index in [1.165, 1.54) is 19.4 Å². The van der Waals surface area contributed by atoms with E-state index in [1.54, 1.807) is 19.0 Å². The average Bonchev–Trinajstić information content (AvgIpc) is 3.05. The predicted octanol–water partition coefficient (Wildman–Crippen LogP) is 1.42. The van der Waals surface area contributed by atoms with Crippen molar-refractivity contribution in [2.24, 2.45) is 11.3 Å². The summed E-state index contributed by atoms with van der Waals surface area (Å²) in [5.74, 6) is 1.05. The van der Waals surface area contributed by atoms with Gasteiger partial charge in [0.1, 0.15) is 0 Å². The molecular weight excluding hydrogens is 304 g/mol. The van der Waals surface area contributed by atoms with Crippen LogP contribution in [-0.2, 0) is 4.79 Å². The zero-order chi connectivity index (χ0) is 17.2. The molecule has 3 fully saturated rings. The molecule has 0 aromatic heterocycles. The Morgan fingerprint density at radius 3 is 2.50 bits per heavy atom. The van der Waals surface area contributed by atoms with Crippen LogP contribution in [0.4, 0.5) is 4.79 Å². The normalized spacial score (nSPS) is 26.3. The second kappa shape index (κ2) is 7.30. The van der Waals surface area contributed by atoms with Crippen LogP contribution in [0.3, 0.4) is 0 Å². The molecule has 3 rings (SSSR count). The molecule has 3 amide bonds. The molecule has 2 N–H and O–H groups in total. The SMILES string of the molecule is CN(C)C(=O)C1(CNC(=O)N[C@H]2CCN(CC3CC3)C2)CCCC1. The van der Waals surface area contributed by atoms with E-state index in [-0.39, 0.29) is 18.0 Å². The van der Waals surface area contributed by atoms with Crippen molar-refractivity contribution in [3.63, 3.8) is 0 Å². The molecule has 3 aliphatic rings. The van der Waals surface area contributed by atoms with E-state index in [1.807, 2.05) is 0 Å². The van der Waals surface area contributed by atoms with Crippen molar-refractivity contribution < 1.29 is 9.59 Å². The number of hydrogen-bond donors (Lipinski definition) is 2. The summed E-state index contributed by atoms with van der Waals surface area (Å²) in [6, 6.07) is 0.124. The van der Waals surface area contributed by atoms with E-state index >= 15 is 0 Å². The maximum absolute atomic E-state index is 12.5. The van der Waals surface area contributed by atoms with Crippen molar-refractivity contribution in [2.75, 3.05) is 40.3 Å². The Balaban J connectivity index is 1.43. The van der Waals surface area contributed by atoms with Crippen molar-refractivity contribution in [3.8, 4) is 0 Å². The third-order valence-corrected chi connectivity index (χ3v) is 5.83. The fourth-order valence-electron chi connectivity index (χ4n) is 4.26. The van der Waals surface area contributed by atoms with Gasteiger partial charge in [0, 0.05) is 46.3 Å². The third-order valence-electron chi connectivity index (χ3n) is 5.83. The van der Waals surface area contributed by atoms with Gasteiger partial charge in [-0.25, -0.2) is 4.79 Å². The Bertz CT molecular complexity index is 470. The highest BCUT2D eigenvalue weighted by atomic mass is 16.2. The summed E-state index contributed by atoms with van der Waals surface area (Å²) in [5.41, 5.74) is -0.394. The van der Waals surface area contributed by atoms with Gasteiger partial charge in [0.15, 0.2) is 0 Å². The van der Waals surface area contributed by atoms with Crippen LogP contribution in [0.25, 0.3) is 0 Å². The largest absolute Gasteiger partial charge is 0.348 e. The molecule has 0 bridgehead atoms. The molecule has 1 heterocycles. The zero-order valence-corrected chi connectivity index (χ0v) is 15.1. The maximum atomic E-state index is 12.5. The van der Waals surface area contributed by atoms with Crippen LogP contribution in [0.5, 0.6) is 0 Å². The van der Waals surface area contributed by atoms with Crippen molar-refractivity contribution in [1.82, 2.24) is 20.4 Å². The van der Waals surface area contributed by atoms with E-state index in [9.17, 15) is 9.59 Å². The van der Waals surface area contributed by atoms with Crippen LogP contribution in [-0.4, -0.2) is 68.1 Å². The molecule has 6 nitrogen and oxygen atoms in total. The minimum Gasteiger partial charge on any atom is -0.348 e. The molecule has 2 saturated carbocycles. The fourth-order valence-corrected chi connectivity index (χ4v) is 4.26. The van der Waals surface area contributed by atoms with Crippen molar-refractivity contribution in [3.05, 3.63) is 0 Å². The van der Waals surface area contributed by atoms with Gasteiger partial charge in [0.25, 0.3) is 0 Å². The molecule has 2 aliphatic carbocycles. The van der Waals surface area contributed by atoms with Gasteiger partial charge in [-0.15, -0.1) is 0 Å². The third kappa shape index (κ3) is 4.21. The van der Waals surface area contributed by atoms with Gasteiger partial charge in [-0.2, -0.15) is 0 Å². The first kappa shape index (κ1) is 17.5. The lowest BCUT2D eigenvalue weighted by atomic mass is 9.84. The number of likely N-dealkylation sites (tertiary alicyclic amines) is 1. The van der Waals surface area contributed by atoms with Crippen LogP contribution >= 0.6 is 0 Å². The van der Waals surface area contributed by atoms with Crippen LogP contribution in [0, 0.1) is 11.3 Å². The van der Waals surface area contributed by atoms with Gasteiger partial charge in [-0.05, 0) is 38.0 Å². The van der Waals surface area contributed by atoms with E-state index in [4.69, 9.17) is 0 Å². The van der Waals surface area contributed by atoms with Crippen molar-refractivity contribution in [2.45, 2.75) is 51.0 Å². The number of urea groups is 1. The first-order chi connectivity index (χ1) is 11.5. The lowest BCUT2D eigenvalue weighted by Crippen LogP contribution is -2.50. The molecule has 0 aromatic carbocycles. The van der Waals surface area contributed by atoms with E-state index in [0.717, 1.165) is 51.1 Å². The highest BCUT2D eigenvalue weighted by molar-refractivity contribution is 5.84. The Morgan fingerprint density at radius 2 is 1.88 bits per heavy atom. The van der Waals surface area contributed by atoms with Gasteiger partial charge >= 0.3 is 6.03 Å². The molecule has 1 saturated heterocycles. The Morgan fingerprint density at radius 1 is 1.17 bits per heavy atom. The van der Waals surface area contributed by atoms with Gasteiger partial charge in [-0.3, -0.25) is 4.79 Å². The van der Waals surface area contributed by atoms with Gasteiger partial charge in [0.2, 0.25) is 5.91 Å². The lowest BCUT2D eigenvalue weighted by Gasteiger charge is -2.31. The monoisotopic (exact) mass is 336 g/mol. The highest BCUT2D eigenvalue weighted by Crippen LogP contribution is 2.38. The Hall–Kier alpha value is -1.30. The smallest absolute Gasteiger partial charge is 0.315 e. The number of amides is 3. The molecular formula is C18H32N4O2. The van der Waals surface area contributed by atoms with Gasteiger partial charge in [-0.1, -0.05) is 12.8 Å². The molecule has 0 aromatic rings. The molecule has 1 atom stereocenters. The summed E-state index contributed by atoms with van der Waals surface area (Å²) >= 11 is 0. The standard InChI is InChI=1S/C18H32N4O2/c1-21(2)16(23)18(8-3-4-9-18)13-19-17(24)20-15-7-10-22(12-15)11-14-5-6-14/h14-15H,3-13H2,1-2H3,(H2,19,20,24)/t15-/m0/s1. The Labute approximate surface area is 145 Å². The molecule has 0 unspecified atom stereocenters. The summed E-state index contributed by atoms with van der Waals surface area (Å²) in [4.78, 5) is 28.9. The first-order valence-corrected chi connectivity index (χ1v) is 9.47. The summed E-state index contributed by atoms with van der Waals surface area (Å²) in [6.45, 7) is 3.70. The van der Waals surface area contributed by atoms with Crippen LogP contribution < -0.4 is 10.6 Å². The van der Waals surface area contributed by atoms with Gasteiger partial charge < -0.3 is 20.4 Å². The number of nitrogens with one attached hydrogen (secondary N) is 2. The first-order valence-electron chi connectivity index (χ1n) is 9.47. The van der Waals surface area contributed by atoms with Crippen LogP contribution in [0.2, 0.25) is 0 Å². The lowest BCUT2D eigenvalue weighted by molar-refractivity contribution is -0.138. The molecule has 136 valence electrons. The zero-order valence-electron chi connectivity index (χ0n) is 15.1. The molecule has 0 spiro atoms. The quantitative estimate of drug-likeness (QED) is 0.771. The summed E-state index contributed by atoms with van der Waals surface area (Å²) in [7, 11) is 3.60. The molecule has 24 heavy (non-hydrogen) atoms. The number of nitrogens with zero attached hydrogens (tertiary/aromatic N) is 2. The summed E-state index contributed by atoms with van der Waals surface area (Å²) < 4.78 is 0. The highest BCUT2D eigenvalue weighted by Gasteiger charge is 2.42. The van der Waals surface area contributed by atoms with E-state index in [2.05, 4.69) is 15.5 Å². The number of carbonyl (C=O) groups excluding carboxylic acids is 2. The van der Waals surface area contributed by atoms with E-state index in [0.29, 0.717) is 6.54 Å². The molecule has 0 radical (unpaired) electrons. The second-order valence-corrected chi connectivity index (χ2v) is 8.20. The summed E-state index contributed by atoms with van der Waals surface area (Å²) in [5, 5.41) is 6.08. The topological polar surface area (TPSA) is 64.7 Å². The van der Waals surface area contributed by atoms with Gasteiger partial charge in [0.05, 0.1) is 5.41 Å². The predicted molar refractivity (Wildman–Crippen MR) is 93.7 cm³/mol. The van der Waals surface area contributed by atoms with Crippen LogP contribution in [0.15, 0.2) is 0 Å². The van der Waals surface area contributed by atoms with Crippen LogP contribution in [0.1, 0.15) is 44.9 Å².